The van der Waals surface area contributed by atoms with Crippen LogP contribution < -0.4 is 0 Å². The Morgan fingerprint density at radius 3 is 2.42 bits per heavy atom. The molecule has 0 unspecified atom stereocenters. The number of benzene rings is 1. The van der Waals surface area contributed by atoms with Crippen LogP contribution in [0, 0.1) is 5.82 Å². The average Bonchev–Trinajstić information content (AvgIpc) is 2.36. The van der Waals surface area contributed by atoms with Gasteiger partial charge in [0.2, 0.25) is 0 Å². The molecule has 1 aromatic carbocycles. The molecule has 0 aliphatic rings. The number of hydrogen-bond donors (Lipinski definition) is 0. The lowest BCUT2D eigenvalue weighted by Crippen LogP contribution is -2.07. The number of hydrogen-bond acceptors (Lipinski definition) is 2. The van der Waals surface area contributed by atoms with Gasteiger partial charge in [-0.25, -0.2) is 4.39 Å². The van der Waals surface area contributed by atoms with E-state index in [0.717, 1.165) is 5.56 Å². The molecule has 19 heavy (non-hydrogen) atoms. The number of nitrogens with zero attached hydrogens (tertiary/aromatic N) is 1. The van der Waals surface area contributed by atoms with Gasteiger partial charge in [-0.3, -0.25) is 9.78 Å². The minimum atomic E-state index is -0.418. The molecule has 0 radical (unpaired) electrons. The van der Waals surface area contributed by atoms with E-state index in [4.69, 9.17) is 23.2 Å². The first-order chi connectivity index (χ1) is 9.06. The number of aromatic nitrogens is 1. The highest BCUT2D eigenvalue weighted by molar-refractivity contribution is 6.32. The van der Waals surface area contributed by atoms with Crippen molar-refractivity contribution in [1.82, 2.24) is 4.98 Å². The van der Waals surface area contributed by atoms with Crippen LogP contribution in [0.3, 0.4) is 0 Å². The van der Waals surface area contributed by atoms with Crippen molar-refractivity contribution in [2.75, 3.05) is 0 Å². The summed E-state index contributed by atoms with van der Waals surface area (Å²) in [6, 6.07) is 5.70. The molecule has 5 heteroatoms. The Balaban J connectivity index is 2.08. The number of Topliss-reactive ketones (excluding diaryl/α,β-unsaturated/α-hetero) is 1. The van der Waals surface area contributed by atoms with Crippen molar-refractivity contribution < 1.29 is 9.18 Å². The van der Waals surface area contributed by atoms with Crippen LogP contribution in [0.5, 0.6) is 0 Å². The van der Waals surface area contributed by atoms with Crippen molar-refractivity contribution in [3.05, 3.63) is 63.6 Å². The van der Waals surface area contributed by atoms with Gasteiger partial charge in [-0.05, 0) is 29.3 Å². The van der Waals surface area contributed by atoms with Crippen LogP contribution in [0.25, 0.3) is 0 Å². The fraction of sp³-hybridized carbons (Fsp3) is 0.143. The van der Waals surface area contributed by atoms with Crippen molar-refractivity contribution in [1.29, 1.82) is 0 Å². The first kappa shape index (κ1) is 14.0. The summed E-state index contributed by atoms with van der Waals surface area (Å²) in [5.41, 5.74) is 1.33. The number of rotatable bonds is 4. The molecule has 2 aromatic rings. The third kappa shape index (κ3) is 3.75. The van der Waals surface area contributed by atoms with Crippen molar-refractivity contribution >= 4 is 29.0 Å². The van der Waals surface area contributed by atoms with Gasteiger partial charge >= 0.3 is 0 Å². The van der Waals surface area contributed by atoms with Crippen LogP contribution in [-0.4, -0.2) is 10.8 Å². The number of pyridine rings is 1. The van der Waals surface area contributed by atoms with Crippen LogP contribution in [0.4, 0.5) is 4.39 Å². The zero-order valence-electron chi connectivity index (χ0n) is 9.87. The molecule has 0 saturated carbocycles. The molecule has 0 saturated heterocycles. The molecule has 2 nitrogen and oxygen atoms in total. The molecule has 0 amide bonds. The Hall–Kier alpha value is -1.45. The summed E-state index contributed by atoms with van der Waals surface area (Å²) >= 11 is 11.8. The normalized spacial score (nSPS) is 10.5. The summed E-state index contributed by atoms with van der Waals surface area (Å²) in [5.74, 6) is -0.458. The molecular formula is C14H10Cl2FNO. The molecule has 98 valence electrons. The van der Waals surface area contributed by atoms with Gasteiger partial charge in [0.25, 0.3) is 0 Å². The summed E-state index contributed by atoms with van der Waals surface area (Å²) in [7, 11) is 0. The molecular weight excluding hydrogens is 288 g/mol. The molecule has 2 rings (SSSR count). The second-order valence-corrected chi connectivity index (χ2v) is 4.91. The smallest absolute Gasteiger partial charge is 0.141 e. The second kappa shape index (κ2) is 6.13. The highest BCUT2D eigenvalue weighted by Crippen LogP contribution is 2.20. The summed E-state index contributed by atoms with van der Waals surface area (Å²) in [6.45, 7) is 0. The lowest BCUT2D eigenvalue weighted by Gasteiger charge is -2.05. The molecule has 0 bridgehead atoms. The lowest BCUT2D eigenvalue weighted by atomic mass is 10.0. The fourth-order valence-electron chi connectivity index (χ4n) is 1.70. The first-order valence-corrected chi connectivity index (χ1v) is 6.36. The van der Waals surface area contributed by atoms with E-state index in [1.807, 2.05) is 0 Å². The maximum Gasteiger partial charge on any atom is 0.141 e. The molecule has 0 fully saturated rings. The molecule has 0 N–H and O–H groups in total. The average molecular weight is 298 g/mol. The standard InChI is InChI=1S/C14H10Cl2FNO/c15-13-7-11(17)2-1-9(13)5-12(19)6-10-3-4-18-8-14(10)16/h1-4,7-8H,5-6H2. The van der Waals surface area contributed by atoms with E-state index in [-0.39, 0.29) is 23.6 Å². The topological polar surface area (TPSA) is 30.0 Å². The third-order valence-corrected chi connectivity index (χ3v) is 3.34. The van der Waals surface area contributed by atoms with Gasteiger partial charge in [0.15, 0.2) is 0 Å². The van der Waals surface area contributed by atoms with Crippen LogP contribution in [-0.2, 0) is 17.6 Å². The number of halogens is 3. The van der Waals surface area contributed by atoms with Crippen LogP contribution in [0.1, 0.15) is 11.1 Å². The molecule has 0 spiro atoms. The van der Waals surface area contributed by atoms with E-state index in [1.54, 1.807) is 12.3 Å². The van der Waals surface area contributed by atoms with Crippen LogP contribution >= 0.6 is 23.2 Å². The molecule has 1 heterocycles. The van der Waals surface area contributed by atoms with Gasteiger partial charge in [-0.15, -0.1) is 0 Å². The monoisotopic (exact) mass is 297 g/mol. The summed E-state index contributed by atoms with van der Waals surface area (Å²) < 4.78 is 12.9. The zero-order chi connectivity index (χ0) is 13.8. The molecule has 0 aliphatic carbocycles. The van der Waals surface area contributed by atoms with Gasteiger partial charge in [0.05, 0.1) is 5.02 Å². The van der Waals surface area contributed by atoms with E-state index >= 15 is 0 Å². The lowest BCUT2D eigenvalue weighted by molar-refractivity contribution is -0.117. The highest BCUT2D eigenvalue weighted by Gasteiger charge is 2.10. The summed E-state index contributed by atoms with van der Waals surface area (Å²) in [4.78, 5) is 15.8. The largest absolute Gasteiger partial charge is 0.299 e. The number of carbonyl (C=O) groups is 1. The Kier molecular flexibility index (Phi) is 4.51. The van der Waals surface area contributed by atoms with Crippen molar-refractivity contribution in [2.45, 2.75) is 12.8 Å². The van der Waals surface area contributed by atoms with Crippen LogP contribution in [0.15, 0.2) is 36.7 Å². The van der Waals surface area contributed by atoms with Crippen molar-refractivity contribution in [2.24, 2.45) is 0 Å². The van der Waals surface area contributed by atoms with E-state index in [1.165, 1.54) is 24.4 Å². The minimum Gasteiger partial charge on any atom is -0.299 e. The Morgan fingerprint density at radius 1 is 1.11 bits per heavy atom. The highest BCUT2D eigenvalue weighted by atomic mass is 35.5. The SMILES string of the molecule is O=C(Cc1ccncc1Cl)Cc1ccc(F)cc1Cl. The first-order valence-electron chi connectivity index (χ1n) is 5.60. The van der Waals surface area contributed by atoms with Crippen molar-refractivity contribution in [3.63, 3.8) is 0 Å². The molecule has 0 atom stereocenters. The van der Waals surface area contributed by atoms with E-state index in [2.05, 4.69) is 4.98 Å². The Morgan fingerprint density at radius 2 is 1.79 bits per heavy atom. The van der Waals surface area contributed by atoms with Gasteiger partial charge < -0.3 is 0 Å². The second-order valence-electron chi connectivity index (χ2n) is 4.10. The predicted molar refractivity (Wildman–Crippen MR) is 73.1 cm³/mol. The van der Waals surface area contributed by atoms with Gasteiger partial charge in [0, 0.05) is 30.3 Å². The summed E-state index contributed by atoms with van der Waals surface area (Å²) in [6.07, 6.45) is 3.43. The predicted octanol–water partition coefficient (Wildman–Crippen LogP) is 3.88. The summed E-state index contributed by atoms with van der Waals surface area (Å²) in [5, 5.41) is 0.718. The van der Waals surface area contributed by atoms with Crippen LogP contribution in [0.2, 0.25) is 10.0 Å². The molecule has 1 aromatic heterocycles. The number of carbonyl (C=O) groups excluding carboxylic acids is 1. The van der Waals surface area contributed by atoms with Gasteiger partial charge in [0.1, 0.15) is 11.6 Å². The van der Waals surface area contributed by atoms with E-state index < -0.39 is 5.82 Å². The van der Waals surface area contributed by atoms with Gasteiger partial charge in [-0.1, -0.05) is 29.3 Å². The maximum atomic E-state index is 12.9. The Labute approximate surface area is 120 Å². The minimum absolute atomic E-state index is 0.0402. The quantitative estimate of drug-likeness (QED) is 0.857. The zero-order valence-corrected chi connectivity index (χ0v) is 11.4. The van der Waals surface area contributed by atoms with Crippen molar-refractivity contribution in [3.8, 4) is 0 Å². The molecule has 0 aliphatic heterocycles. The fourth-order valence-corrected chi connectivity index (χ4v) is 2.12. The van der Waals surface area contributed by atoms with E-state index in [9.17, 15) is 9.18 Å². The maximum absolute atomic E-state index is 12.9. The number of ketones is 1. The van der Waals surface area contributed by atoms with Gasteiger partial charge in [-0.2, -0.15) is 0 Å². The third-order valence-electron chi connectivity index (χ3n) is 2.65. The Bertz CT molecular complexity index is 616. The van der Waals surface area contributed by atoms with E-state index in [0.29, 0.717) is 10.6 Å².